The molecule has 0 bridgehead atoms. The summed E-state index contributed by atoms with van der Waals surface area (Å²) in [7, 11) is 0. The molecule has 1 saturated carbocycles. The van der Waals surface area contributed by atoms with Crippen LogP contribution < -0.4 is 5.32 Å². The Morgan fingerprint density at radius 2 is 2.10 bits per heavy atom. The fourth-order valence-electron chi connectivity index (χ4n) is 2.40. The number of ether oxygens (including phenoxy) is 1. The van der Waals surface area contributed by atoms with Crippen LogP contribution >= 0.6 is 11.6 Å². The average Bonchev–Trinajstić information content (AvgIpc) is 2.45. The lowest BCUT2D eigenvalue weighted by Gasteiger charge is -2.23. The lowest BCUT2D eigenvalue weighted by Crippen LogP contribution is -2.28. The molecule has 5 heteroatoms. The number of halogens is 2. The molecular formula is C15H21ClFNO2. The van der Waals surface area contributed by atoms with E-state index in [0.717, 1.165) is 12.8 Å². The molecule has 0 saturated heterocycles. The molecule has 1 unspecified atom stereocenters. The first kappa shape index (κ1) is 15.5. The second-order valence-electron chi connectivity index (χ2n) is 5.25. The highest BCUT2D eigenvalue weighted by atomic mass is 35.5. The predicted octanol–water partition coefficient (Wildman–Crippen LogP) is 3.60. The van der Waals surface area contributed by atoms with Crippen molar-refractivity contribution in [1.29, 1.82) is 0 Å². The summed E-state index contributed by atoms with van der Waals surface area (Å²) in [6, 6.07) is 4.14. The Morgan fingerprint density at radius 1 is 1.35 bits per heavy atom. The van der Waals surface area contributed by atoms with Gasteiger partial charge >= 0.3 is 0 Å². The predicted molar refractivity (Wildman–Crippen MR) is 78.7 cm³/mol. The Kier molecular flexibility index (Phi) is 6.07. The molecule has 1 aliphatic carbocycles. The Labute approximate surface area is 124 Å². The SMILES string of the molecule is OC(CNc1ccc(F)cc1Cl)COC1CCCCC1. The smallest absolute Gasteiger partial charge is 0.124 e. The largest absolute Gasteiger partial charge is 0.389 e. The van der Waals surface area contributed by atoms with Crippen LogP contribution in [0.15, 0.2) is 18.2 Å². The molecule has 0 aromatic heterocycles. The first-order valence-electron chi connectivity index (χ1n) is 7.14. The zero-order chi connectivity index (χ0) is 14.4. The normalized spacial score (nSPS) is 17.9. The van der Waals surface area contributed by atoms with Gasteiger partial charge in [0.25, 0.3) is 0 Å². The van der Waals surface area contributed by atoms with Crippen molar-refractivity contribution < 1.29 is 14.2 Å². The molecule has 1 fully saturated rings. The number of aliphatic hydroxyl groups excluding tert-OH is 1. The van der Waals surface area contributed by atoms with Crippen LogP contribution in [0.2, 0.25) is 5.02 Å². The summed E-state index contributed by atoms with van der Waals surface area (Å²) in [5, 5.41) is 13.2. The number of rotatable bonds is 6. The fraction of sp³-hybridized carbons (Fsp3) is 0.600. The highest BCUT2D eigenvalue weighted by molar-refractivity contribution is 6.33. The molecular weight excluding hydrogens is 281 g/mol. The standard InChI is InChI=1S/C15H21ClFNO2/c16-14-8-11(17)6-7-15(14)18-9-12(19)10-20-13-4-2-1-3-5-13/h6-8,12-13,18-19H,1-5,9-10H2. The summed E-state index contributed by atoms with van der Waals surface area (Å²) < 4.78 is 18.6. The van der Waals surface area contributed by atoms with Crippen LogP contribution in [-0.4, -0.2) is 30.5 Å². The van der Waals surface area contributed by atoms with Gasteiger partial charge < -0.3 is 15.2 Å². The van der Waals surface area contributed by atoms with E-state index >= 15 is 0 Å². The Hall–Kier alpha value is -0.840. The number of benzene rings is 1. The van der Waals surface area contributed by atoms with E-state index in [9.17, 15) is 9.50 Å². The lowest BCUT2D eigenvalue weighted by molar-refractivity contribution is -0.0195. The third-order valence-corrected chi connectivity index (χ3v) is 3.85. The summed E-state index contributed by atoms with van der Waals surface area (Å²) in [6.07, 6.45) is 5.57. The number of anilines is 1. The van der Waals surface area contributed by atoms with Gasteiger partial charge in [-0.1, -0.05) is 30.9 Å². The van der Waals surface area contributed by atoms with E-state index in [2.05, 4.69) is 5.32 Å². The molecule has 2 rings (SSSR count). The van der Waals surface area contributed by atoms with Gasteiger partial charge in [0.05, 0.1) is 29.5 Å². The Balaban J connectivity index is 1.70. The molecule has 1 aromatic carbocycles. The zero-order valence-corrected chi connectivity index (χ0v) is 12.2. The molecule has 0 heterocycles. The molecule has 0 radical (unpaired) electrons. The van der Waals surface area contributed by atoms with Crippen molar-refractivity contribution >= 4 is 17.3 Å². The first-order chi connectivity index (χ1) is 9.65. The third kappa shape index (κ3) is 4.93. The second kappa shape index (κ2) is 7.81. The maximum Gasteiger partial charge on any atom is 0.124 e. The molecule has 1 aromatic rings. The third-order valence-electron chi connectivity index (χ3n) is 3.54. The molecule has 1 aliphatic rings. The highest BCUT2D eigenvalue weighted by Gasteiger charge is 2.15. The lowest BCUT2D eigenvalue weighted by atomic mass is 9.98. The van der Waals surface area contributed by atoms with Gasteiger partial charge in [0.15, 0.2) is 0 Å². The number of nitrogens with one attached hydrogen (secondary N) is 1. The van der Waals surface area contributed by atoms with E-state index in [1.165, 1.54) is 31.4 Å². The van der Waals surface area contributed by atoms with Crippen LogP contribution in [0.4, 0.5) is 10.1 Å². The van der Waals surface area contributed by atoms with Gasteiger partial charge in [0, 0.05) is 6.54 Å². The maximum atomic E-state index is 12.9. The van der Waals surface area contributed by atoms with Gasteiger partial charge in [0.1, 0.15) is 5.82 Å². The van der Waals surface area contributed by atoms with Gasteiger partial charge in [-0.25, -0.2) is 4.39 Å². The molecule has 1 atom stereocenters. The monoisotopic (exact) mass is 301 g/mol. The van der Waals surface area contributed by atoms with Crippen molar-refractivity contribution in [3.63, 3.8) is 0 Å². The maximum absolute atomic E-state index is 12.9. The molecule has 0 aliphatic heterocycles. The number of hydrogen-bond donors (Lipinski definition) is 2. The van der Waals surface area contributed by atoms with E-state index in [1.807, 2.05) is 0 Å². The Bertz CT molecular complexity index is 424. The van der Waals surface area contributed by atoms with E-state index in [0.29, 0.717) is 23.9 Å². The average molecular weight is 302 g/mol. The molecule has 0 spiro atoms. The van der Waals surface area contributed by atoms with Crippen molar-refractivity contribution in [3.05, 3.63) is 29.0 Å². The van der Waals surface area contributed by atoms with Gasteiger partial charge in [-0.2, -0.15) is 0 Å². The number of hydrogen-bond acceptors (Lipinski definition) is 3. The van der Waals surface area contributed by atoms with Crippen molar-refractivity contribution in [2.45, 2.75) is 44.3 Å². The quantitative estimate of drug-likeness (QED) is 0.843. The molecule has 112 valence electrons. The van der Waals surface area contributed by atoms with Crippen LogP contribution in [0.5, 0.6) is 0 Å². The van der Waals surface area contributed by atoms with E-state index < -0.39 is 6.10 Å². The van der Waals surface area contributed by atoms with Gasteiger partial charge in [-0.15, -0.1) is 0 Å². The van der Waals surface area contributed by atoms with Crippen molar-refractivity contribution in [3.8, 4) is 0 Å². The van der Waals surface area contributed by atoms with Crippen molar-refractivity contribution in [2.75, 3.05) is 18.5 Å². The van der Waals surface area contributed by atoms with E-state index in [4.69, 9.17) is 16.3 Å². The minimum absolute atomic E-state index is 0.285. The van der Waals surface area contributed by atoms with Gasteiger partial charge in [-0.3, -0.25) is 0 Å². The highest BCUT2D eigenvalue weighted by Crippen LogP contribution is 2.23. The van der Waals surface area contributed by atoms with Crippen LogP contribution in [-0.2, 0) is 4.74 Å². The summed E-state index contributed by atoms with van der Waals surface area (Å²) >= 11 is 5.90. The minimum atomic E-state index is -0.599. The van der Waals surface area contributed by atoms with E-state index in [-0.39, 0.29) is 11.9 Å². The summed E-state index contributed by atoms with van der Waals surface area (Å²) in [4.78, 5) is 0. The molecule has 2 N–H and O–H groups in total. The topological polar surface area (TPSA) is 41.5 Å². The molecule has 3 nitrogen and oxygen atoms in total. The van der Waals surface area contributed by atoms with Gasteiger partial charge in [0.2, 0.25) is 0 Å². The first-order valence-corrected chi connectivity index (χ1v) is 7.51. The Morgan fingerprint density at radius 3 is 2.80 bits per heavy atom. The van der Waals surface area contributed by atoms with Gasteiger partial charge in [-0.05, 0) is 31.0 Å². The van der Waals surface area contributed by atoms with Crippen LogP contribution in [0.25, 0.3) is 0 Å². The minimum Gasteiger partial charge on any atom is -0.389 e. The second-order valence-corrected chi connectivity index (χ2v) is 5.66. The fourth-order valence-corrected chi connectivity index (χ4v) is 2.63. The van der Waals surface area contributed by atoms with Crippen molar-refractivity contribution in [1.82, 2.24) is 0 Å². The summed E-state index contributed by atoms with van der Waals surface area (Å²) in [5.41, 5.74) is 0.616. The van der Waals surface area contributed by atoms with Crippen LogP contribution in [0.1, 0.15) is 32.1 Å². The molecule has 20 heavy (non-hydrogen) atoms. The van der Waals surface area contributed by atoms with Crippen molar-refractivity contribution in [2.24, 2.45) is 0 Å². The summed E-state index contributed by atoms with van der Waals surface area (Å²) in [5.74, 6) is -0.373. The number of aliphatic hydroxyl groups is 1. The van der Waals surface area contributed by atoms with Crippen LogP contribution in [0.3, 0.4) is 0 Å². The van der Waals surface area contributed by atoms with Crippen LogP contribution in [0, 0.1) is 5.82 Å². The zero-order valence-electron chi connectivity index (χ0n) is 11.4. The molecule has 0 amide bonds. The summed E-state index contributed by atoms with van der Waals surface area (Å²) in [6.45, 7) is 0.647. The van der Waals surface area contributed by atoms with E-state index in [1.54, 1.807) is 6.07 Å².